The lowest BCUT2D eigenvalue weighted by atomic mass is 9.83. The standard InChI is InChI=1S/C16H23BrN2O/c1-3-16(8-9-18-11-16)15(20)19-12(2)10-13-4-6-14(17)7-5-13/h4-7,12,18H,3,8-11H2,1-2H3,(H,19,20). The molecule has 0 aromatic heterocycles. The molecular formula is C16H23BrN2O. The Morgan fingerprint density at radius 1 is 1.45 bits per heavy atom. The molecule has 110 valence electrons. The molecule has 3 nitrogen and oxygen atoms in total. The van der Waals surface area contributed by atoms with Crippen LogP contribution in [0.4, 0.5) is 0 Å². The minimum absolute atomic E-state index is 0.160. The number of benzene rings is 1. The molecule has 2 rings (SSSR count). The fourth-order valence-electron chi connectivity index (χ4n) is 2.80. The average molecular weight is 339 g/mol. The summed E-state index contributed by atoms with van der Waals surface area (Å²) in [5, 5.41) is 6.49. The van der Waals surface area contributed by atoms with Gasteiger partial charge in [0.25, 0.3) is 0 Å². The number of hydrogen-bond acceptors (Lipinski definition) is 2. The van der Waals surface area contributed by atoms with Crippen molar-refractivity contribution in [2.24, 2.45) is 5.41 Å². The Labute approximate surface area is 129 Å². The van der Waals surface area contributed by atoms with Crippen molar-refractivity contribution in [2.75, 3.05) is 13.1 Å². The van der Waals surface area contributed by atoms with Gasteiger partial charge in [-0.1, -0.05) is 35.0 Å². The third kappa shape index (κ3) is 3.61. The quantitative estimate of drug-likeness (QED) is 0.866. The molecule has 2 N–H and O–H groups in total. The first kappa shape index (κ1) is 15.5. The summed E-state index contributed by atoms with van der Waals surface area (Å²) in [4.78, 5) is 12.5. The molecule has 0 spiro atoms. The van der Waals surface area contributed by atoms with Gasteiger partial charge in [0.05, 0.1) is 5.41 Å². The Kier molecular flexibility index (Phi) is 5.22. The zero-order valence-corrected chi connectivity index (χ0v) is 13.8. The second-order valence-corrected chi connectivity index (χ2v) is 6.68. The van der Waals surface area contributed by atoms with Crippen LogP contribution in [0.5, 0.6) is 0 Å². The maximum atomic E-state index is 12.5. The topological polar surface area (TPSA) is 41.1 Å². The molecule has 0 radical (unpaired) electrons. The SMILES string of the molecule is CCC1(C(=O)NC(C)Cc2ccc(Br)cc2)CCNC1. The van der Waals surface area contributed by atoms with Crippen LogP contribution in [-0.4, -0.2) is 25.0 Å². The first-order valence-electron chi connectivity index (χ1n) is 7.32. The van der Waals surface area contributed by atoms with Crippen molar-refractivity contribution in [1.29, 1.82) is 0 Å². The molecule has 1 fully saturated rings. The summed E-state index contributed by atoms with van der Waals surface area (Å²) in [5.41, 5.74) is 1.05. The van der Waals surface area contributed by atoms with Crippen LogP contribution in [0.25, 0.3) is 0 Å². The molecular weight excluding hydrogens is 316 g/mol. The van der Waals surface area contributed by atoms with Crippen molar-refractivity contribution < 1.29 is 4.79 Å². The molecule has 2 unspecified atom stereocenters. The summed E-state index contributed by atoms with van der Waals surface area (Å²) in [5.74, 6) is 0.203. The molecule has 1 aliphatic heterocycles. The Morgan fingerprint density at radius 3 is 2.70 bits per heavy atom. The normalized spacial score (nSPS) is 23.6. The third-order valence-corrected chi connectivity index (χ3v) is 4.76. The van der Waals surface area contributed by atoms with Gasteiger partial charge in [0, 0.05) is 17.1 Å². The van der Waals surface area contributed by atoms with Gasteiger partial charge in [-0.2, -0.15) is 0 Å². The smallest absolute Gasteiger partial charge is 0.227 e. The average Bonchev–Trinajstić information content (AvgIpc) is 2.91. The van der Waals surface area contributed by atoms with Gasteiger partial charge < -0.3 is 10.6 Å². The van der Waals surface area contributed by atoms with Gasteiger partial charge in [0.15, 0.2) is 0 Å². The van der Waals surface area contributed by atoms with Crippen LogP contribution >= 0.6 is 15.9 Å². The van der Waals surface area contributed by atoms with Crippen LogP contribution in [0.15, 0.2) is 28.7 Å². The summed E-state index contributed by atoms with van der Waals surface area (Å²) >= 11 is 3.44. The molecule has 1 aliphatic rings. The molecule has 1 aromatic rings. The predicted octanol–water partition coefficient (Wildman–Crippen LogP) is 2.89. The van der Waals surface area contributed by atoms with E-state index in [1.54, 1.807) is 0 Å². The fraction of sp³-hybridized carbons (Fsp3) is 0.562. The second-order valence-electron chi connectivity index (χ2n) is 5.77. The van der Waals surface area contributed by atoms with Crippen molar-refractivity contribution in [3.8, 4) is 0 Å². The number of rotatable bonds is 5. The molecule has 0 bridgehead atoms. The van der Waals surface area contributed by atoms with Crippen LogP contribution < -0.4 is 10.6 Å². The number of nitrogens with one attached hydrogen (secondary N) is 2. The molecule has 1 amide bonds. The van der Waals surface area contributed by atoms with Gasteiger partial charge in [0.2, 0.25) is 5.91 Å². The molecule has 0 aliphatic carbocycles. The molecule has 1 aromatic carbocycles. The Hall–Kier alpha value is -0.870. The van der Waals surface area contributed by atoms with Crippen molar-refractivity contribution in [1.82, 2.24) is 10.6 Å². The summed E-state index contributed by atoms with van der Waals surface area (Å²) in [6.07, 6.45) is 2.71. The summed E-state index contributed by atoms with van der Waals surface area (Å²) < 4.78 is 1.08. The van der Waals surface area contributed by atoms with E-state index in [1.165, 1.54) is 5.56 Å². The minimum Gasteiger partial charge on any atom is -0.353 e. The lowest BCUT2D eigenvalue weighted by Crippen LogP contribution is -2.46. The van der Waals surface area contributed by atoms with E-state index in [0.29, 0.717) is 0 Å². The highest BCUT2D eigenvalue weighted by molar-refractivity contribution is 9.10. The van der Waals surface area contributed by atoms with Gasteiger partial charge in [-0.3, -0.25) is 4.79 Å². The molecule has 20 heavy (non-hydrogen) atoms. The third-order valence-electron chi connectivity index (χ3n) is 4.23. The Bertz CT molecular complexity index is 452. The van der Waals surface area contributed by atoms with E-state index in [2.05, 4.69) is 52.5 Å². The number of carbonyl (C=O) groups excluding carboxylic acids is 1. The summed E-state index contributed by atoms with van der Waals surface area (Å²) in [7, 11) is 0. The molecule has 2 atom stereocenters. The highest BCUT2D eigenvalue weighted by Crippen LogP contribution is 2.29. The monoisotopic (exact) mass is 338 g/mol. The van der Waals surface area contributed by atoms with Crippen molar-refractivity contribution >= 4 is 21.8 Å². The zero-order chi connectivity index (χ0) is 14.6. The lowest BCUT2D eigenvalue weighted by Gasteiger charge is -2.27. The fourth-order valence-corrected chi connectivity index (χ4v) is 3.07. The summed E-state index contributed by atoms with van der Waals surface area (Å²) in [6.45, 7) is 5.93. The predicted molar refractivity (Wildman–Crippen MR) is 85.7 cm³/mol. The van der Waals surface area contributed by atoms with E-state index in [9.17, 15) is 4.79 Å². The lowest BCUT2D eigenvalue weighted by molar-refractivity contribution is -0.130. The van der Waals surface area contributed by atoms with Crippen LogP contribution in [0.1, 0.15) is 32.3 Å². The van der Waals surface area contributed by atoms with Crippen LogP contribution in [0.3, 0.4) is 0 Å². The number of carbonyl (C=O) groups is 1. The zero-order valence-electron chi connectivity index (χ0n) is 12.2. The van der Waals surface area contributed by atoms with Crippen molar-refractivity contribution in [3.63, 3.8) is 0 Å². The second kappa shape index (κ2) is 6.72. The highest BCUT2D eigenvalue weighted by atomic mass is 79.9. The van der Waals surface area contributed by atoms with Gasteiger partial charge in [-0.25, -0.2) is 0 Å². The van der Waals surface area contributed by atoms with E-state index < -0.39 is 0 Å². The van der Waals surface area contributed by atoms with Gasteiger partial charge in [0.1, 0.15) is 0 Å². The number of amides is 1. The number of halogens is 1. The van der Waals surface area contributed by atoms with E-state index >= 15 is 0 Å². The first-order chi connectivity index (χ1) is 9.55. The van der Waals surface area contributed by atoms with E-state index in [0.717, 1.165) is 36.8 Å². The Morgan fingerprint density at radius 2 is 2.15 bits per heavy atom. The van der Waals surface area contributed by atoms with E-state index in [1.807, 2.05) is 12.1 Å². The van der Waals surface area contributed by atoms with Crippen molar-refractivity contribution in [2.45, 2.75) is 39.2 Å². The first-order valence-corrected chi connectivity index (χ1v) is 8.11. The van der Waals surface area contributed by atoms with Gasteiger partial charge in [-0.15, -0.1) is 0 Å². The van der Waals surface area contributed by atoms with Crippen LogP contribution in [0, 0.1) is 5.41 Å². The highest BCUT2D eigenvalue weighted by Gasteiger charge is 2.39. The maximum absolute atomic E-state index is 12.5. The van der Waals surface area contributed by atoms with Crippen LogP contribution in [-0.2, 0) is 11.2 Å². The maximum Gasteiger partial charge on any atom is 0.227 e. The minimum atomic E-state index is -0.200. The largest absolute Gasteiger partial charge is 0.353 e. The molecule has 0 saturated carbocycles. The van der Waals surface area contributed by atoms with Crippen LogP contribution in [0.2, 0.25) is 0 Å². The number of hydrogen-bond donors (Lipinski definition) is 2. The van der Waals surface area contributed by atoms with Crippen molar-refractivity contribution in [3.05, 3.63) is 34.3 Å². The van der Waals surface area contributed by atoms with E-state index in [4.69, 9.17) is 0 Å². The van der Waals surface area contributed by atoms with Gasteiger partial charge in [-0.05, 0) is 50.4 Å². The van der Waals surface area contributed by atoms with E-state index in [-0.39, 0.29) is 17.4 Å². The molecule has 1 heterocycles. The van der Waals surface area contributed by atoms with Gasteiger partial charge >= 0.3 is 0 Å². The molecule has 1 saturated heterocycles. The Balaban J connectivity index is 1.92. The summed E-state index contributed by atoms with van der Waals surface area (Å²) in [6, 6.07) is 8.43. The molecule has 4 heteroatoms.